The molecule has 1 amide bonds. The van der Waals surface area contributed by atoms with Gasteiger partial charge in [0.15, 0.2) is 0 Å². The molecule has 5 heteroatoms. The third-order valence-electron chi connectivity index (χ3n) is 2.31. The number of methoxy groups -OCH3 is 1. The molecule has 0 spiro atoms. The zero-order chi connectivity index (χ0) is 12.0. The van der Waals surface area contributed by atoms with Crippen molar-refractivity contribution in [2.45, 2.75) is 13.3 Å². The number of hydrogen-bond donors (Lipinski definition) is 2. The Morgan fingerprint density at radius 2 is 2.12 bits per heavy atom. The lowest BCUT2D eigenvalue weighted by molar-refractivity contribution is -0.116. The van der Waals surface area contributed by atoms with Crippen molar-refractivity contribution in [2.75, 3.05) is 26.0 Å². The van der Waals surface area contributed by atoms with Crippen LogP contribution in [-0.4, -0.2) is 26.6 Å². The fraction of sp³-hybridized carbons (Fsp3) is 0.417. The van der Waals surface area contributed by atoms with Gasteiger partial charge in [0.2, 0.25) is 5.91 Å². The van der Waals surface area contributed by atoms with Crippen LogP contribution in [0.15, 0.2) is 18.2 Å². The highest BCUT2D eigenvalue weighted by Crippen LogP contribution is 2.20. The Labute approximate surface area is 108 Å². The minimum absolute atomic E-state index is 0. The topological polar surface area (TPSA) is 50.4 Å². The van der Waals surface area contributed by atoms with E-state index in [1.165, 1.54) is 0 Å². The molecule has 0 aromatic heterocycles. The van der Waals surface area contributed by atoms with Crippen LogP contribution in [0.4, 0.5) is 5.69 Å². The number of anilines is 1. The summed E-state index contributed by atoms with van der Waals surface area (Å²) < 4.78 is 5.10. The maximum Gasteiger partial charge on any atom is 0.225 e. The largest absolute Gasteiger partial charge is 0.497 e. The Hall–Kier alpha value is -1.26. The van der Waals surface area contributed by atoms with Gasteiger partial charge in [0, 0.05) is 18.7 Å². The number of nitrogens with one attached hydrogen (secondary N) is 2. The summed E-state index contributed by atoms with van der Waals surface area (Å²) in [6, 6.07) is 5.58. The van der Waals surface area contributed by atoms with Gasteiger partial charge in [-0.15, -0.1) is 12.4 Å². The van der Waals surface area contributed by atoms with Crippen LogP contribution in [0.25, 0.3) is 0 Å². The zero-order valence-electron chi connectivity index (χ0n) is 10.4. The maximum absolute atomic E-state index is 11.5. The van der Waals surface area contributed by atoms with E-state index in [0.717, 1.165) is 17.0 Å². The van der Waals surface area contributed by atoms with Crippen LogP contribution in [-0.2, 0) is 4.79 Å². The first-order chi connectivity index (χ1) is 7.67. The van der Waals surface area contributed by atoms with E-state index in [0.29, 0.717) is 13.0 Å². The van der Waals surface area contributed by atoms with Gasteiger partial charge in [0.05, 0.1) is 7.11 Å². The molecular weight excluding hydrogens is 240 g/mol. The molecule has 1 rings (SSSR count). The monoisotopic (exact) mass is 258 g/mol. The molecule has 0 unspecified atom stereocenters. The second-order valence-corrected chi connectivity index (χ2v) is 3.58. The highest BCUT2D eigenvalue weighted by molar-refractivity contribution is 5.91. The van der Waals surface area contributed by atoms with Crippen molar-refractivity contribution < 1.29 is 9.53 Å². The third kappa shape index (κ3) is 5.06. The van der Waals surface area contributed by atoms with Crippen LogP contribution in [0.1, 0.15) is 12.0 Å². The smallest absolute Gasteiger partial charge is 0.225 e. The lowest BCUT2D eigenvalue weighted by Crippen LogP contribution is -2.19. The molecule has 0 radical (unpaired) electrons. The maximum atomic E-state index is 11.5. The van der Waals surface area contributed by atoms with Gasteiger partial charge >= 0.3 is 0 Å². The fourth-order valence-electron chi connectivity index (χ4n) is 1.35. The molecule has 1 aromatic carbocycles. The molecule has 0 saturated carbocycles. The van der Waals surface area contributed by atoms with Gasteiger partial charge < -0.3 is 15.4 Å². The number of carbonyl (C=O) groups excluding carboxylic acids is 1. The SMILES string of the molecule is CNCCC(=O)Nc1ccc(OC)cc1C.Cl. The normalized spacial score (nSPS) is 9.35. The molecule has 0 bridgehead atoms. The Morgan fingerprint density at radius 1 is 1.41 bits per heavy atom. The van der Waals surface area contributed by atoms with E-state index in [4.69, 9.17) is 4.74 Å². The molecule has 0 saturated heterocycles. The summed E-state index contributed by atoms with van der Waals surface area (Å²) in [5.74, 6) is 0.813. The predicted molar refractivity (Wildman–Crippen MR) is 72.2 cm³/mol. The Morgan fingerprint density at radius 3 is 2.65 bits per heavy atom. The van der Waals surface area contributed by atoms with Gasteiger partial charge in [-0.1, -0.05) is 0 Å². The summed E-state index contributed by atoms with van der Waals surface area (Å²) >= 11 is 0. The first kappa shape index (κ1) is 15.7. The zero-order valence-corrected chi connectivity index (χ0v) is 11.2. The second kappa shape index (κ2) is 7.92. The van der Waals surface area contributed by atoms with Crippen molar-refractivity contribution in [1.29, 1.82) is 0 Å². The minimum Gasteiger partial charge on any atom is -0.497 e. The second-order valence-electron chi connectivity index (χ2n) is 3.58. The van der Waals surface area contributed by atoms with E-state index < -0.39 is 0 Å². The van der Waals surface area contributed by atoms with Crippen LogP contribution >= 0.6 is 12.4 Å². The van der Waals surface area contributed by atoms with Crippen molar-refractivity contribution >= 4 is 24.0 Å². The summed E-state index contributed by atoms with van der Waals surface area (Å²) in [5.41, 5.74) is 1.83. The lowest BCUT2D eigenvalue weighted by atomic mass is 10.2. The van der Waals surface area contributed by atoms with Crippen molar-refractivity contribution in [3.63, 3.8) is 0 Å². The Balaban J connectivity index is 0.00000256. The molecule has 0 aliphatic rings. The number of halogens is 1. The van der Waals surface area contributed by atoms with Crippen LogP contribution in [0.3, 0.4) is 0 Å². The summed E-state index contributed by atoms with van der Waals surface area (Å²) in [7, 11) is 3.45. The van der Waals surface area contributed by atoms with Gasteiger partial charge in [-0.25, -0.2) is 0 Å². The summed E-state index contributed by atoms with van der Waals surface area (Å²) in [6.07, 6.45) is 0.474. The number of hydrogen-bond acceptors (Lipinski definition) is 3. The van der Waals surface area contributed by atoms with Gasteiger partial charge in [-0.3, -0.25) is 4.79 Å². The predicted octanol–water partition coefficient (Wildman–Crippen LogP) is 1.97. The minimum atomic E-state index is 0. The van der Waals surface area contributed by atoms with E-state index in [2.05, 4.69) is 10.6 Å². The summed E-state index contributed by atoms with van der Waals surface area (Å²) in [6.45, 7) is 2.62. The first-order valence-electron chi connectivity index (χ1n) is 5.26. The average molecular weight is 259 g/mol. The van der Waals surface area contributed by atoms with E-state index in [1.807, 2.05) is 32.2 Å². The Bertz CT molecular complexity index is 370. The molecule has 0 fully saturated rings. The average Bonchev–Trinajstić information content (AvgIpc) is 2.29. The van der Waals surface area contributed by atoms with Gasteiger partial charge in [0.25, 0.3) is 0 Å². The van der Waals surface area contributed by atoms with Gasteiger partial charge in [-0.05, 0) is 37.7 Å². The van der Waals surface area contributed by atoms with Crippen LogP contribution in [0.2, 0.25) is 0 Å². The number of ether oxygens (including phenoxy) is 1. The van der Waals surface area contributed by atoms with Crippen LogP contribution < -0.4 is 15.4 Å². The van der Waals surface area contributed by atoms with Gasteiger partial charge in [-0.2, -0.15) is 0 Å². The van der Waals surface area contributed by atoms with Gasteiger partial charge in [0.1, 0.15) is 5.75 Å². The van der Waals surface area contributed by atoms with E-state index in [1.54, 1.807) is 7.11 Å². The molecule has 2 N–H and O–H groups in total. The number of rotatable bonds is 5. The van der Waals surface area contributed by atoms with Crippen LogP contribution in [0, 0.1) is 6.92 Å². The number of carbonyl (C=O) groups is 1. The van der Waals surface area contributed by atoms with Crippen molar-refractivity contribution in [1.82, 2.24) is 5.32 Å². The highest BCUT2D eigenvalue weighted by Gasteiger charge is 2.04. The summed E-state index contributed by atoms with van der Waals surface area (Å²) in [4.78, 5) is 11.5. The number of benzene rings is 1. The molecule has 17 heavy (non-hydrogen) atoms. The number of aryl methyl sites for hydroxylation is 1. The standard InChI is InChI=1S/C12H18N2O2.ClH/c1-9-8-10(16-3)4-5-11(9)14-12(15)6-7-13-2;/h4-5,8,13H,6-7H2,1-3H3,(H,14,15);1H. The molecule has 1 aromatic rings. The summed E-state index contributed by atoms with van der Waals surface area (Å²) in [5, 5.41) is 5.80. The van der Waals surface area contributed by atoms with Crippen molar-refractivity contribution in [3.05, 3.63) is 23.8 Å². The lowest BCUT2D eigenvalue weighted by Gasteiger charge is -2.09. The molecule has 4 nitrogen and oxygen atoms in total. The van der Waals surface area contributed by atoms with Crippen molar-refractivity contribution in [2.24, 2.45) is 0 Å². The molecule has 96 valence electrons. The third-order valence-corrected chi connectivity index (χ3v) is 2.31. The van der Waals surface area contributed by atoms with Crippen molar-refractivity contribution in [3.8, 4) is 5.75 Å². The number of amides is 1. The molecule has 0 aliphatic carbocycles. The quantitative estimate of drug-likeness (QED) is 0.849. The van der Waals surface area contributed by atoms with E-state index in [9.17, 15) is 4.79 Å². The first-order valence-corrected chi connectivity index (χ1v) is 5.26. The molecule has 0 heterocycles. The molecule has 0 aliphatic heterocycles. The van der Waals surface area contributed by atoms with E-state index in [-0.39, 0.29) is 18.3 Å². The Kier molecular flexibility index (Phi) is 7.34. The van der Waals surface area contributed by atoms with Crippen LogP contribution in [0.5, 0.6) is 5.75 Å². The highest BCUT2D eigenvalue weighted by atomic mass is 35.5. The molecule has 0 atom stereocenters. The molecular formula is C12H19ClN2O2. The van der Waals surface area contributed by atoms with E-state index >= 15 is 0 Å². The fourth-order valence-corrected chi connectivity index (χ4v) is 1.35.